The van der Waals surface area contributed by atoms with Crippen molar-refractivity contribution < 1.29 is 39.5 Å². The predicted molar refractivity (Wildman–Crippen MR) is 147 cm³/mol. The first-order chi connectivity index (χ1) is 18.3. The molecule has 1 heterocycles. The summed E-state index contributed by atoms with van der Waals surface area (Å²) >= 11 is 0. The molecule has 0 bridgehead atoms. The van der Waals surface area contributed by atoms with Gasteiger partial charge in [0.05, 0.1) is 13.2 Å². The third-order valence-electron chi connectivity index (χ3n) is 6.29. The van der Waals surface area contributed by atoms with Crippen LogP contribution >= 0.6 is 0 Å². The smallest absolute Gasteiger partial charge is 0.335 e. The van der Waals surface area contributed by atoms with E-state index in [9.17, 15) is 14.4 Å². The summed E-state index contributed by atoms with van der Waals surface area (Å²) in [6, 6.07) is 0. The lowest BCUT2D eigenvalue weighted by atomic mass is 10.1. The van der Waals surface area contributed by atoms with Crippen LogP contribution in [0.1, 0.15) is 96.8 Å². The number of rotatable bonds is 21. The van der Waals surface area contributed by atoms with E-state index in [1.165, 1.54) is 83.5 Å². The minimum atomic E-state index is -2.27. The lowest BCUT2D eigenvalue weighted by molar-refractivity contribution is -0.165. The third kappa shape index (κ3) is 22.0. The number of aliphatic hydroxyl groups excluding tert-OH is 2. The summed E-state index contributed by atoms with van der Waals surface area (Å²) in [4.78, 5) is 33.5. The Hall–Kier alpha value is -2.01. The van der Waals surface area contributed by atoms with Gasteiger partial charge < -0.3 is 30.5 Å². The van der Waals surface area contributed by atoms with Crippen molar-refractivity contribution >= 4 is 17.9 Å². The predicted octanol–water partition coefficient (Wildman–Crippen LogP) is 3.35. The second kappa shape index (κ2) is 25.3. The SMILES string of the molecule is CCCCCCCC/C=C\CCCCCCCCOC(=O)CN1CCNCC1.O=C(O)C(O)C(O)C(=O)O. The van der Waals surface area contributed by atoms with Crippen LogP contribution in [0, 0.1) is 0 Å². The summed E-state index contributed by atoms with van der Waals surface area (Å²) in [5.41, 5.74) is 0. The molecule has 38 heavy (non-hydrogen) atoms. The molecule has 1 rings (SSSR count). The highest BCUT2D eigenvalue weighted by atomic mass is 16.5. The summed E-state index contributed by atoms with van der Waals surface area (Å²) < 4.78 is 5.35. The quantitative estimate of drug-likeness (QED) is 0.0825. The fraction of sp³-hybridized carbons (Fsp3) is 0.821. The number of hydrogen-bond acceptors (Lipinski definition) is 8. The maximum absolute atomic E-state index is 11.8. The summed E-state index contributed by atoms with van der Waals surface area (Å²) in [5.74, 6) is -3.60. The zero-order chi connectivity index (χ0) is 28.4. The van der Waals surface area contributed by atoms with Crippen LogP contribution in [0.5, 0.6) is 0 Å². The first-order valence-electron chi connectivity index (χ1n) is 14.3. The van der Waals surface area contributed by atoms with Crippen LogP contribution in [0.2, 0.25) is 0 Å². The van der Waals surface area contributed by atoms with Crippen LogP contribution in [-0.4, -0.2) is 94.8 Å². The number of unbranched alkanes of at least 4 members (excludes halogenated alkanes) is 12. The maximum atomic E-state index is 11.8. The molecule has 0 radical (unpaired) electrons. The van der Waals surface area contributed by atoms with Gasteiger partial charge in [0.25, 0.3) is 0 Å². The lowest BCUT2D eigenvalue weighted by Gasteiger charge is -2.25. The molecule has 1 aliphatic heterocycles. The molecule has 5 N–H and O–H groups in total. The minimum Gasteiger partial charge on any atom is -0.479 e. The second-order valence-corrected chi connectivity index (χ2v) is 9.75. The van der Waals surface area contributed by atoms with E-state index in [0.29, 0.717) is 13.2 Å². The molecule has 2 atom stereocenters. The molecular formula is C28H52N2O8. The van der Waals surface area contributed by atoms with Gasteiger partial charge in [-0.2, -0.15) is 0 Å². The zero-order valence-corrected chi connectivity index (χ0v) is 23.3. The van der Waals surface area contributed by atoms with Crippen molar-refractivity contribution in [1.29, 1.82) is 0 Å². The fourth-order valence-electron chi connectivity index (χ4n) is 3.90. The molecule has 1 aliphatic rings. The highest BCUT2D eigenvalue weighted by Crippen LogP contribution is 2.10. The van der Waals surface area contributed by atoms with Crippen LogP contribution < -0.4 is 5.32 Å². The van der Waals surface area contributed by atoms with Crippen molar-refractivity contribution in [2.75, 3.05) is 39.3 Å². The van der Waals surface area contributed by atoms with Crippen LogP contribution in [0.4, 0.5) is 0 Å². The number of piperazine rings is 1. The summed E-state index contributed by atoms with van der Waals surface area (Å²) in [5, 5.41) is 35.8. The summed E-state index contributed by atoms with van der Waals surface area (Å²) in [6.07, 6.45) is 18.4. The Morgan fingerprint density at radius 2 is 1.21 bits per heavy atom. The van der Waals surface area contributed by atoms with Gasteiger partial charge in [0, 0.05) is 26.2 Å². The number of carbonyl (C=O) groups excluding carboxylic acids is 1. The molecule has 0 saturated carbocycles. The van der Waals surface area contributed by atoms with E-state index >= 15 is 0 Å². The third-order valence-corrected chi connectivity index (χ3v) is 6.29. The number of carboxylic acid groups (broad SMARTS) is 2. The molecule has 0 aliphatic carbocycles. The van der Waals surface area contributed by atoms with Gasteiger partial charge in [-0.05, 0) is 32.1 Å². The highest BCUT2D eigenvalue weighted by Gasteiger charge is 2.29. The van der Waals surface area contributed by atoms with Gasteiger partial charge in [0.2, 0.25) is 0 Å². The molecule has 1 fully saturated rings. The van der Waals surface area contributed by atoms with Crippen LogP contribution in [0.25, 0.3) is 0 Å². The zero-order valence-electron chi connectivity index (χ0n) is 23.3. The Kier molecular flexibility index (Phi) is 23.9. The molecule has 0 aromatic carbocycles. The molecule has 10 nitrogen and oxygen atoms in total. The van der Waals surface area contributed by atoms with Gasteiger partial charge in [0.15, 0.2) is 12.2 Å². The monoisotopic (exact) mass is 544 g/mol. The molecular weight excluding hydrogens is 492 g/mol. The Morgan fingerprint density at radius 1 is 0.763 bits per heavy atom. The number of aliphatic hydroxyl groups is 2. The Bertz CT molecular complexity index is 620. The molecule has 10 heteroatoms. The second-order valence-electron chi connectivity index (χ2n) is 9.75. The normalized spacial score (nSPS) is 15.4. The number of nitrogens with zero attached hydrogens (tertiary/aromatic N) is 1. The number of ether oxygens (including phenoxy) is 1. The average Bonchev–Trinajstić information content (AvgIpc) is 2.90. The number of carboxylic acids is 2. The van der Waals surface area contributed by atoms with E-state index < -0.39 is 24.1 Å². The Balaban J connectivity index is 0.00000115. The van der Waals surface area contributed by atoms with Gasteiger partial charge in [0.1, 0.15) is 0 Å². The molecule has 0 spiro atoms. The lowest BCUT2D eigenvalue weighted by Crippen LogP contribution is -2.45. The number of hydrogen-bond donors (Lipinski definition) is 5. The van der Waals surface area contributed by atoms with Gasteiger partial charge in [-0.3, -0.25) is 9.69 Å². The van der Waals surface area contributed by atoms with Crippen molar-refractivity contribution in [1.82, 2.24) is 10.2 Å². The number of allylic oxidation sites excluding steroid dienone is 2. The van der Waals surface area contributed by atoms with E-state index in [4.69, 9.17) is 25.2 Å². The van der Waals surface area contributed by atoms with E-state index in [2.05, 4.69) is 29.3 Å². The molecule has 222 valence electrons. The van der Waals surface area contributed by atoms with Crippen LogP contribution in [-0.2, 0) is 19.1 Å². The topological polar surface area (TPSA) is 157 Å². The fourth-order valence-corrected chi connectivity index (χ4v) is 3.90. The van der Waals surface area contributed by atoms with Crippen molar-refractivity contribution in [3.63, 3.8) is 0 Å². The minimum absolute atomic E-state index is 0.0605. The molecule has 2 unspecified atom stereocenters. The van der Waals surface area contributed by atoms with Gasteiger partial charge in [-0.1, -0.05) is 76.9 Å². The molecule has 0 amide bonds. The van der Waals surface area contributed by atoms with Crippen molar-refractivity contribution in [3.8, 4) is 0 Å². The van der Waals surface area contributed by atoms with Gasteiger partial charge in [-0.15, -0.1) is 0 Å². The number of carbonyl (C=O) groups is 3. The van der Waals surface area contributed by atoms with Crippen molar-refractivity contribution in [2.24, 2.45) is 0 Å². The van der Waals surface area contributed by atoms with E-state index in [0.717, 1.165) is 32.6 Å². The average molecular weight is 545 g/mol. The largest absolute Gasteiger partial charge is 0.479 e. The van der Waals surface area contributed by atoms with Crippen molar-refractivity contribution in [2.45, 2.75) is 109 Å². The first-order valence-corrected chi connectivity index (χ1v) is 14.3. The number of nitrogens with one attached hydrogen (secondary N) is 1. The van der Waals surface area contributed by atoms with Gasteiger partial charge in [-0.25, -0.2) is 9.59 Å². The number of esters is 1. The molecule has 0 aromatic rings. The van der Waals surface area contributed by atoms with E-state index in [1.54, 1.807) is 0 Å². The van der Waals surface area contributed by atoms with Crippen molar-refractivity contribution in [3.05, 3.63) is 12.2 Å². The summed E-state index contributed by atoms with van der Waals surface area (Å²) in [6.45, 7) is 7.16. The van der Waals surface area contributed by atoms with Gasteiger partial charge >= 0.3 is 17.9 Å². The van der Waals surface area contributed by atoms with E-state index in [1.807, 2.05) is 0 Å². The Morgan fingerprint density at radius 3 is 1.68 bits per heavy atom. The van der Waals surface area contributed by atoms with E-state index in [-0.39, 0.29) is 5.97 Å². The number of aliphatic carboxylic acids is 2. The Labute approximate surface area is 228 Å². The maximum Gasteiger partial charge on any atom is 0.335 e. The summed E-state index contributed by atoms with van der Waals surface area (Å²) in [7, 11) is 0. The van der Waals surface area contributed by atoms with Crippen LogP contribution in [0.15, 0.2) is 12.2 Å². The van der Waals surface area contributed by atoms with Crippen LogP contribution in [0.3, 0.4) is 0 Å². The first kappa shape index (κ1) is 36.0. The molecule has 0 aromatic heterocycles. The molecule has 1 saturated heterocycles. The standard InChI is InChI=1S/C24H46N2O2.C4H6O6/c1-2-3-4-5-6-7-8-9-10-11-12-13-14-15-16-17-22-28-24(27)23-26-20-18-25-19-21-26;5-1(3(7)8)2(6)4(9)10/h9-10,25H,2-8,11-23H2,1H3;1-2,5-6H,(H,7,8)(H,9,10)/b10-9-;. The highest BCUT2D eigenvalue weighted by molar-refractivity contribution is 5.83.